The van der Waals surface area contributed by atoms with E-state index in [1.54, 1.807) is 31.2 Å². The number of benzene rings is 3. The van der Waals surface area contributed by atoms with Crippen molar-refractivity contribution < 1.29 is 17.9 Å². The van der Waals surface area contributed by atoms with Crippen LogP contribution in [-0.2, 0) is 14.8 Å². The highest BCUT2D eigenvalue weighted by Crippen LogP contribution is 2.28. The number of nitrogens with one attached hydrogen (secondary N) is 2. The molecule has 3 aromatic rings. The number of rotatable bonds is 8. The standard InChI is InChI=1S/C22H21ClN2O4S/c1-16(17-8-4-2-5-9-17)25-30(27,28)19-12-13-21(20(23)14-19)29-15-22(26)24-18-10-6-3-7-11-18/h2-14,16,25H,15H2,1H3,(H,24,26)/t16-/m0/s1. The Morgan fingerprint density at radius 1 is 1.00 bits per heavy atom. The Morgan fingerprint density at radius 3 is 2.27 bits per heavy atom. The smallest absolute Gasteiger partial charge is 0.262 e. The molecule has 0 aliphatic heterocycles. The van der Waals surface area contributed by atoms with Crippen molar-refractivity contribution in [2.45, 2.75) is 17.9 Å². The van der Waals surface area contributed by atoms with Gasteiger partial charge in [0.05, 0.1) is 9.92 Å². The molecular weight excluding hydrogens is 424 g/mol. The van der Waals surface area contributed by atoms with Crippen LogP contribution in [0.4, 0.5) is 5.69 Å². The molecule has 0 bridgehead atoms. The molecule has 0 saturated heterocycles. The number of para-hydroxylation sites is 1. The summed E-state index contributed by atoms with van der Waals surface area (Å²) in [6, 6.07) is 21.9. The zero-order valence-electron chi connectivity index (χ0n) is 16.2. The molecule has 30 heavy (non-hydrogen) atoms. The summed E-state index contributed by atoms with van der Waals surface area (Å²) >= 11 is 6.18. The average Bonchev–Trinajstić information content (AvgIpc) is 2.74. The van der Waals surface area contributed by atoms with Gasteiger partial charge in [-0.25, -0.2) is 13.1 Å². The van der Waals surface area contributed by atoms with E-state index in [9.17, 15) is 13.2 Å². The molecule has 0 heterocycles. The highest BCUT2D eigenvalue weighted by atomic mass is 35.5. The third-order valence-electron chi connectivity index (χ3n) is 4.26. The van der Waals surface area contributed by atoms with E-state index < -0.39 is 16.1 Å². The number of carbonyl (C=O) groups excluding carboxylic acids is 1. The number of carbonyl (C=O) groups is 1. The minimum absolute atomic E-state index is 0.0105. The van der Waals surface area contributed by atoms with Crippen LogP contribution in [0.5, 0.6) is 5.75 Å². The van der Waals surface area contributed by atoms with E-state index in [0.29, 0.717) is 5.69 Å². The second-order valence-corrected chi connectivity index (χ2v) is 8.67. The summed E-state index contributed by atoms with van der Waals surface area (Å²) in [7, 11) is -3.79. The molecule has 0 saturated carbocycles. The molecule has 0 unspecified atom stereocenters. The molecule has 0 aromatic heterocycles. The molecule has 1 atom stereocenters. The number of halogens is 1. The lowest BCUT2D eigenvalue weighted by Crippen LogP contribution is -2.27. The van der Waals surface area contributed by atoms with Gasteiger partial charge in [-0.05, 0) is 42.8 Å². The van der Waals surface area contributed by atoms with Crippen LogP contribution in [0.15, 0.2) is 83.8 Å². The van der Waals surface area contributed by atoms with Crippen molar-refractivity contribution in [3.8, 4) is 5.75 Å². The third-order valence-corrected chi connectivity index (χ3v) is 6.10. The van der Waals surface area contributed by atoms with Gasteiger partial charge in [-0.2, -0.15) is 0 Å². The summed E-state index contributed by atoms with van der Waals surface area (Å²) in [5.74, 6) is -0.137. The lowest BCUT2D eigenvalue weighted by Gasteiger charge is -2.15. The number of hydrogen-bond acceptors (Lipinski definition) is 4. The second kappa shape index (κ2) is 9.75. The summed E-state index contributed by atoms with van der Waals surface area (Å²) < 4.78 is 33.4. The van der Waals surface area contributed by atoms with Crippen LogP contribution in [0, 0.1) is 0 Å². The maximum absolute atomic E-state index is 12.7. The Bertz CT molecular complexity index is 1110. The molecule has 0 fully saturated rings. The van der Waals surface area contributed by atoms with E-state index in [1.807, 2.05) is 36.4 Å². The van der Waals surface area contributed by atoms with Crippen LogP contribution in [-0.4, -0.2) is 20.9 Å². The fraction of sp³-hybridized carbons (Fsp3) is 0.136. The van der Waals surface area contributed by atoms with Gasteiger partial charge in [0.2, 0.25) is 10.0 Å². The van der Waals surface area contributed by atoms with Gasteiger partial charge in [-0.1, -0.05) is 60.1 Å². The van der Waals surface area contributed by atoms with Crippen LogP contribution in [0.3, 0.4) is 0 Å². The zero-order chi connectivity index (χ0) is 21.6. The molecule has 2 N–H and O–H groups in total. The number of ether oxygens (including phenoxy) is 1. The van der Waals surface area contributed by atoms with Gasteiger partial charge in [0, 0.05) is 11.7 Å². The molecule has 0 spiro atoms. The molecule has 1 amide bonds. The van der Waals surface area contributed by atoms with E-state index in [1.165, 1.54) is 18.2 Å². The molecule has 6 nitrogen and oxygen atoms in total. The van der Waals surface area contributed by atoms with Gasteiger partial charge in [0.1, 0.15) is 5.75 Å². The van der Waals surface area contributed by atoms with Crippen molar-refractivity contribution in [3.05, 3.63) is 89.4 Å². The fourth-order valence-electron chi connectivity index (χ4n) is 2.74. The highest BCUT2D eigenvalue weighted by Gasteiger charge is 2.20. The molecular formula is C22H21ClN2O4S. The lowest BCUT2D eigenvalue weighted by atomic mass is 10.1. The average molecular weight is 445 g/mol. The Labute approximate surface area is 180 Å². The lowest BCUT2D eigenvalue weighted by molar-refractivity contribution is -0.118. The summed E-state index contributed by atoms with van der Waals surface area (Å²) in [4.78, 5) is 12.0. The third kappa shape index (κ3) is 5.82. The van der Waals surface area contributed by atoms with Gasteiger partial charge in [0.15, 0.2) is 6.61 Å². The predicted octanol–water partition coefficient (Wildman–Crippen LogP) is 4.40. The Kier molecular flexibility index (Phi) is 7.10. The summed E-state index contributed by atoms with van der Waals surface area (Å²) in [6.45, 7) is 1.50. The van der Waals surface area contributed by atoms with Crippen molar-refractivity contribution in [2.75, 3.05) is 11.9 Å². The van der Waals surface area contributed by atoms with Crippen molar-refractivity contribution in [2.24, 2.45) is 0 Å². The Morgan fingerprint density at radius 2 is 1.63 bits per heavy atom. The maximum Gasteiger partial charge on any atom is 0.262 e. The molecule has 0 radical (unpaired) electrons. The number of hydrogen-bond donors (Lipinski definition) is 2. The summed E-state index contributed by atoms with van der Waals surface area (Å²) in [6.07, 6.45) is 0. The number of anilines is 1. The topological polar surface area (TPSA) is 84.5 Å². The minimum atomic E-state index is -3.79. The van der Waals surface area contributed by atoms with E-state index >= 15 is 0 Å². The first-order valence-electron chi connectivity index (χ1n) is 9.20. The second-order valence-electron chi connectivity index (χ2n) is 6.55. The maximum atomic E-state index is 12.7. The molecule has 8 heteroatoms. The first-order chi connectivity index (χ1) is 14.3. The van der Waals surface area contributed by atoms with Crippen molar-refractivity contribution in [3.63, 3.8) is 0 Å². The van der Waals surface area contributed by atoms with Crippen molar-refractivity contribution in [1.82, 2.24) is 4.72 Å². The van der Waals surface area contributed by atoms with Gasteiger partial charge in [0.25, 0.3) is 5.91 Å². The largest absolute Gasteiger partial charge is 0.482 e. The van der Waals surface area contributed by atoms with Gasteiger partial charge in [-0.15, -0.1) is 0 Å². The zero-order valence-corrected chi connectivity index (χ0v) is 17.8. The fourth-order valence-corrected chi connectivity index (χ4v) is 4.30. The normalized spacial score (nSPS) is 12.2. The molecule has 3 aromatic carbocycles. The number of amides is 1. The van der Waals surface area contributed by atoms with Gasteiger partial charge in [-0.3, -0.25) is 4.79 Å². The van der Waals surface area contributed by atoms with E-state index in [2.05, 4.69) is 10.0 Å². The van der Waals surface area contributed by atoms with Crippen molar-refractivity contribution >= 4 is 33.2 Å². The van der Waals surface area contributed by atoms with E-state index in [4.69, 9.17) is 16.3 Å². The predicted molar refractivity (Wildman–Crippen MR) is 117 cm³/mol. The van der Waals surface area contributed by atoms with Crippen LogP contribution in [0.2, 0.25) is 5.02 Å². The molecule has 0 aliphatic rings. The minimum Gasteiger partial charge on any atom is -0.482 e. The van der Waals surface area contributed by atoms with Crippen LogP contribution < -0.4 is 14.8 Å². The quantitative estimate of drug-likeness (QED) is 0.539. The summed E-state index contributed by atoms with van der Waals surface area (Å²) in [5.41, 5.74) is 1.49. The van der Waals surface area contributed by atoms with Gasteiger partial charge < -0.3 is 10.1 Å². The molecule has 156 valence electrons. The van der Waals surface area contributed by atoms with E-state index in [0.717, 1.165) is 5.56 Å². The SMILES string of the molecule is C[C@H](NS(=O)(=O)c1ccc(OCC(=O)Nc2ccccc2)c(Cl)c1)c1ccccc1. The monoisotopic (exact) mass is 444 g/mol. The van der Waals surface area contributed by atoms with Crippen LogP contribution in [0.25, 0.3) is 0 Å². The highest BCUT2D eigenvalue weighted by molar-refractivity contribution is 7.89. The molecule has 3 rings (SSSR count). The van der Waals surface area contributed by atoms with Crippen molar-refractivity contribution in [1.29, 1.82) is 0 Å². The first kappa shape index (κ1) is 21.8. The Balaban J connectivity index is 1.63. The Hall–Kier alpha value is -2.87. The van der Waals surface area contributed by atoms with Crippen LogP contribution in [0.1, 0.15) is 18.5 Å². The molecule has 0 aliphatic carbocycles. The van der Waals surface area contributed by atoms with E-state index in [-0.39, 0.29) is 28.2 Å². The number of sulfonamides is 1. The first-order valence-corrected chi connectivity index (χ1v) is 11.1. The van der Waals surface area contributed by atoms with Gasteiger partial charge >= 0.3 is 0 Å². The summed E-state index contributed by atoms with van der Waals surface area (Å²) in [5, 5.41) is 2.79. The van der Waals surface area contributed by atoms with Crippen LogP contribution >= 0.6 is 11.6 Å².